The Bertz CT molecular complexity index is 230. The number of hydrogen-bond donors (Lipinski definition) is 0. The Balaban J connectivity index is 0.00000172. The SMILES string of the molecule is CC.CCCCCCCN1CCC(C(=O)C(C)C)CC1. The maximum Gasteiger partial charge on any atom is 0.138 e. The number of rotatable bonds is 8. The van der Waals surface area contributed by atoms with Crippen LogP contribution < -0.4 is 0 Å². The van der Waals surface area contributed by atoms with E-state index in [1.54, 1.807) is 0 Å². The first-order valence-electron chi connectivity index (χ1n) is 8.91. The van der Waals surface area contributed by atoms with E-state index in [4.69, 9.17) is 0 Å². The van der Waals surface area contributed by atoms with E-state index >= 15 is 0 Å². The first-order valence-corrected chi connectivity index (χ1v) is 8.91. The van der Waals surface area contributed by atoms with E-state index < -0.39 is 0 Å². The molecule has 0 bridgehead atoms. The zero-order chi connectivity index (χ0) is 15.4. The van der Waals surface area contributed by atoms with Crippen LogP contribution in [0.25, 0.3) is 0 Å². The van der Waals surface area contributed by atoms with E-state index in [2.05, 4.69) is 11.8 Å². The molecular weight excluding hydrogens is 246 g/mol. The quantitative estimate of drug-likeness (QED) is 0.589. The van der Waals surface area contributed by atoms with Gasteiger partial charge in [-0.1, -0.05) is 60.3 Å². The molecule has 0 atom stereocenters. The number of carbonyl (C=O) groups excluding carboxylic acids is 1. The van der Waals surface area contributed by atoms with Gasteiger partial charge in [0.15, 0.2) is 0 Å². The molecule has 1 saturated heterocycles. The largest absolute Gasteiger partial charge is 0.303 e. The number of nitrogens with zero attached hydrogens (tertiary/aromatic N) is 1. The summed E-state index contributed by atoms with van der Waals surface area (Å²) in [6, 6.07) is 0. The summed E-state index contributed by atoms with van der Waals surface area (Å²) in [6.07, 6.45) is 8.98. The third kappa shape index (κ3) is 8.04. The smallest absolute Gasteiger partial charge is 0.138 e. The van der Waals surface area contributed by atoms with Crippen molar-refractivity contribution in [1.29, 1.82) is 0 Å². The fraction of sp³-hybridized carbons (Fsp3) is 0.944. The summed E-state index contributed by atoms with van der Waals surface area (Å²) in [4.78, 5) is 14.5. The lowest BCUT2D eigenvalue weighted by Gasteiger charge is -2.31. The van der Waals surface area contributed by atoms with Gasteiger partial charge in [-0.25, -0.2) is 0 Å². The third-order valence-electron chi connectivity index (χ3n) is 4.14. The summed E-state index contributed by atoms with van der Waals surface area (Å²) in [5.74, 6) is 1.05. The van der Waals surface area contributed by atoms with Gasteiger partial charge in [-0.3, -0.25) is 4.79 Å². The predicted molar refractivity (Wildman–Crippen MR) is 89.1 cm³/mol. The highest BCUT2D eigenvalue weighted by Crippen LogP contribution is 2.21. The van der Waals surface area contributed by atoms with Gasteiger partial charge in [-0.05, 0) is 38.9 Å². The molecule has 0 saturated carbocycles. The maximum atomic E-state index is 11.9. The molecule has 1 fully saturated rings. The van der Waals surface area contributed by atoms with Crippen molar-refractivity contribution >= 4 is 5.78 Å². The molecule has 0 amide bonds. The van der Waals surface area contributed by atoms with E-state index in [-0.39, 0.29) is 5.92 Å². The number of carbonyl (C=O) groups is 1. The van der Waals surface area contributed by atoms with Gasteiger partial charge in [0.05, 0.1) is 0 Å². The van der Waals surface area contributed by atoms with Gasteiger partial charge in [0.1, 0.15) is 5.78 Å². The molecule has 2 nitrogen and oxygen atoms in total. The van der Waals surface area contributed by atoms with Gasteiger partial charge in [-0.15, -0.1) is 0 Å². The van der Waals surface area contributed by atoms with Crippen LogP contribution in [-0.2, 0) is 4.79 Å². The van der Waals surface area contributed by atoms with E-state index in [0.29, 0.717) is 11.7 Å². The summed E-state index contributed by atoms with van der Waals surface area (Å²) in [5, 5.41) is 0. The summed E-state index contributed by atoms with van der Waals surface area (Å²) in [5.41, 5.74) is 0. The highest BCUT2D eigenvalue weighted by Gasteiger charge is 2.25. The number of Topliss-reactive ketones (excluding diaryl/α,β-unsaturated/α-hetero) is 1. The number of piperidine rings is 1. The third-order valence-corrected chi connectivity index (χ3v) is 4.14. The lowest BCUT2D eigenvalue weighted by molar-refractivity contribution is -0.127. The number of hydrogen-bond acceptors (Lipinski definition) is 2. The Kier molecular flexibility index (Phi) is 12.1. The van der Waals surface area contributed by atoms with Crippen LogP contribution >= 0.6 is 0 Å². The second-order valence-corrected chi connectivity index (χ2v) is 6.09. The van der Waals surface area contributed by atoms with E-state index in [0.717, 1.165) is 25.9 Å². The van der Waals surface area contributed by atoms with E-state index in [1.165, 1.54) is 38.6 Å². The van der Waals surface area contributed by atoms with Crippen molar-refractivity contribution in [3.05, 3.63) is 0 Å². The molecule has 0 unspecified atom stereocenters. The Morgan fingerprint density at radius 2 is 1.60 bits per heavy atom. The van der Waals surface area contributed by atoms with Crippen LogP contribution in [0.2, 0.25) is 0 Å². The van der Waals surface area contributed by atoms with Crippen LogP contribution in [0.3, 0.4) is 0 Å². The minimum Gasteiger partial charge on any atom is -0.303 e. The van der Waals surface area contributed by atoms with Gasteiger partial charge in [0.25, 0.3) is 0 Å². The lowest BCUT2D eigenvalue weighted by atomic mass is 9.87. The van der Waals surface area contributed by atoms with E-state index in [9.17, 15) is 4.79 Å². The molecule has 120 valence electrons. The fourth-order valence-corrected chi connectivity index (χ4v) is 2.85. The molecule has 1 heterocycles. The first-order chi connectivity index (χ1) is 9.65. The van der Waals surface area contributed by atoms with Crippen LogP contribution in [0.15, 0.2) is 0 Å². The van der Waals surface area contributed by atoms with Gasteiger partial charge in [0.2, 0.25) is 0 Å². The van der Waals surface area contributed by atoms with Crippen molar-refractivity contribution in [3.63, 3.8) is 0 Å². The standard InChI is InChI=1S/C16H31NO.C2H6/c1-4-5-6-7-8-11-17-12-9-15(10-13-17)16(18)14(2)3;1-2/h14-15H,4-13H2,1-3H3;1-2H3. The summed E-state index contributed by atoms with van der Waals surface area (Å²) in [6.45, 7) is 13.8. The van der Waals surface area contributed by atoms with Crippen LogP contribution in [0.1, 0.15) is 79.6 Å². The van der Waals surface area contributed by atoms with Crippen molar-refractivity contribution in [2.45, 2.75) is 79.6 Å². The summed E-state index contributed by atoms with van der Waals surface area (Å²) in [7, 11) is 0. The second kappa shape index (κ2) is 12.4. The molecule has 1 aliphatic rings. The Labute approximate surface area is 127 Å². The van der Waals surface area contributed by atoms with Gasteiger partial charge in [0, 0.05) is 11.8 Å². The highest BCUT2D eigenvalue weighted by atomic mass is 16.1. The van der Waals surface area contributed by atoms with Crippen molar-refractivity contribution in [2.24, 2.45) is 11.8 Å². The normalized spacial score (nSPS) is 16.9. The van der Waals surface area contributed by atoms with Crippen molar-refractivity contribution in [1.82, 2.24) is 4.90 Å². The van der Waals surface area contributed by atoms with Gasteiger partial charge < -0.3 is 4.90 Å². The van der Waals surface area contributed by atoms with Crippen LogP contribution in [0.5, 0.6) is 0 Å². The topological polar surface area (TPSA) is 20.3 Å². The maximum absolute atomic E-state index is 11.9. The van der Waals surface area contributed by atoms with Crippen LogP contribution in [0.4, 0.5) is 0 Å². The fourth-order valence-electron chi connectivity index (χ4n) is 2.85. The Hall–Kier alpha value is -0.370. The Morgan fingerprint density at radius 3 is 2.10 bits per heavy atom. The molecule has 0 aromatic heterocycles. The second-order valence-electron chi connectivity index (χ2n) is 6.09. The lowest BCUT2D eigenvalue weighted by Crippen LogP contribution is -2.37. The van der Waals surface area contributed by atoms with Gasteiger partial charge >= 0.3 is 0 Å². The number of likely N-dealkylation sites (tertiary alicyclic amines) is 1. The molecule has 0 spiro atoms. The van der Waals surface area contributed by atoms with Crippen LogP contribution in [-0.4, -0.2) is 30.3 Å². The minimum absolute atomic E-state index is 0.218. The van der Waals surface area contributed by atoms with Crippen molar-refractivity contribution < 1.29 is 4.79 Å². The monoisotopic (exact) mass is 283 g/mol. The molecule has 0 radical (unpaired) electrons. The zero-order valence-electron chi connectivity index (χ0n) is 14.6. The first kappa shape index (κ1) is 19.6. The summed E-state index contributed by atoms with van der Waals surface area (Å²) >= 11 is 0. The Morgan fingerprint density at radius 1 is 1.05 bits per heavy atom. The number of ketones is 1. The molecule has 0 aliphatic carbocycles. The average molecular weight is 284 g/mol. The summed E-state index contributed by atoms with van der Waals surface area (Å²) < 4.78 is 0. The molecule has 20 heavy (non-hydrogen) atoms. The molecule has 1 rings (SSSR count). The van der Waals surface area contributed by atoms with Crippen LogP contribution in [0, 0.1) is 11.8 Å². The molecule has 0 N–H and O–H groups in total. The molecule has 1 aliphatic heterocycles. The average Bonchev–Trinajstić information content (AvgIpc) is 2.49. The minimum atomic E-state index is 0.218. The number of unbranched alkanes of at least 4 members (excludes halogenated alkanes) is 4. The molecule has 0 aromatic rings. The predicted octanol–water partition coefficient (Wildman–Crippen LogP) is 4.92. The van der Waals surface area contributed by atoms with Gasteiger partial charge in [-0.2, -0.15) is 0 Å². The van der Waals surface area contributed by atoms with E-state index in [1.807, 2.05) is 27.7 Å². The van der Waals surface area contributed by atoms with Crippen molar-refractivity contribution in [2.75, 3.05) is 19.6 Å². The molecular formula is C18H37NO. The highest BCUT2D eigenvalue weighted by molar-refractivity contribution is 5.82. The van der Waals surface area contributed by atoms with Crippen molar-refractivity contribution in [3.8, 4) is 0 Å². The zero-order valence-corrected chi connectivity index (χ0v) is 14.6. The molecule has 0 aromatic carbocycles. The molecule has 2 heteroatoms.